The topological polar surface area (TPSA) is 46.3 Å². The van der Waals surface area contributed by atoms with Gasteiger partial charge in [0.15, 0.2) is 0 Å². The fourth-order valence-electron chi connectivity index (χ4n) is 2.59. The Balaban J connectivity index is 2.02. The summed E-state index contributed by atoms with van der Waals surface area (Å²) in [6.07, 6.45) is 0.820. The van der Waals surface area contributed by atoms with E-state index in [0.29, 0.717) is 27.8 Å². The second-order valence-corrected chi connectivity index (χ2v) is 6.01. The van der Waals surface area contributed by atoms with Crippen molar-refractivity contribution in [2.45, 2.75) is 13.3 Å². The number of benzene rings is 2. The normalized spacial score (nSPS) is 13.4. The number of rotatable bonds is 1. The van der Waals surface area contributed by atoms with E-state index in [2.05, 4.69) is 0 Å². The molecular weight excluding hydrogens is 307 g/mol. The van der Waals surface area contributed by atoms with Gasteiger partial charge in [-0.2, -0.15) is 0 Å². The summed E-state index contributed by atoms with van der Waals surface area (Å²) in [5.41, 5.74) is 10.1. The summed E-state index contributed by atoms with van der Waals surface area (Å²) in [5, 5.41) is 0.892. The first-order chi connectivity index (χ1) is 9.97. The molecule has 21 heavy (non-hydrogen) atoms. The van der Waals surface area contributed by atoms with Crippen LogP contribution in [0, 0.1) is 6.92 Å². The van der Waals surface area contributed by atoms with Gasteiger partial charge >= 0.3 is 0 Å². The van der Waals surface area contributed by atoms with E-state index in [1.54, 1.807) is 23.1 Å². The van der Waals surface area contributed by atoms with Crippen molar-refractivity contribution in [1.82, 2.24) is 0 Å². The first-order valence-corrected chi connectivity index (χ1v) is 7.39. The van der Waals surface area contributed by atoms with Gasteiger partial charge in [0, 0.05) is 22.9 Å². The van der Waals surface area contributed by atoms with Crippen LogP contribution >= 0.6 is 23.2 Å². The van der Waals surface area contributed by atoms with Crippen LogP contribution in [-0.2, 0) is 6.42 Å². The summed E-state index contributed by atoms with van der Waals surface area (Å²) in [4.78, 5) is 14.4. The SMILES string of the molecule is Cc1cc2c(cc1N)N(C(=O)c1cc(Cl)ccc1Cl)CC2. The maximum Gasteiger partial charge on any atom is 0.259 e. The molecule has 1 heterocycles. The number of nitrogens with two attached hydrogens (primary N) is 1. The van der Waals surface area contributed by atoms with Crippen LogP contribution in [0.3, 0.4) is 0 Å². The molecule has 0 atom stereocenters. The monoisotopic (exact) mass is 320 g/mol. The molecule has 0 saturated carbocycles. The van der Waals surface area contributed by atoms with Crippen molar-refractivity contribution < 1.29 is 4.79 Å². The zero-order valence-corrected chi connectivity index (χ0v) is 13.0. The molecule has 2 aromatic rings. The summed E-state index contributed by atoms with van der Waals surface area (Å²) >= 11 is 12.1. The van der Waals surface area contributed by atoms with Gasteiger partial charge in [0.05, 0.1) is 10.6 Å². The summed E-state index contributed by atoms with van der Waals surface area (Å²) in [7, 11) is 0. The van der Waals surface area contributed by atoms with E-state index in [1.807, 2.05) is 19.1 Å². The molecule has 2 N–H and O–H groups in total. The Labute approximate surface area is 133 Å². The van der Waals surface area contributed by atoms with Gasteiger partial charge in [-0.3, -0.25) is 4.79 Å². The van der Waals surface area contributed by atoms with Gasteiger partial charge in [0.1, 0.15) is 0 Å². The van der Waals surface area contributed by atoms with Crippen LogP contribution in [-0.4, -0.2) is 12.5 Å². The molecule has 3 rings (SSSR count). The molecular formula is C16H14Cl2N2O. The molecule has 0 bridgehead atoms. The molecule has 5 heteroatoms. The molecule has 0 radical (unpaired) electrons. The van der Waals surface area contributed by atoms with Crippen molar-refractivity contribution in [3.8, 4) is 0 Å². The van der Waals surface area contributed by atoms with Crippen LogP contribution in [0.2, 0.25) is 10.0 Å². The lowest BCUT2D eigenvalue weighted by atomic mass is 10.1. The fraction of sp³-hybridized carbons (Fsp3) is 0.188. The zero-order chi connectivity index (χ0) is 15.1. The number of fused-ring (bicyclic) bond motifs is 1. The van der Waals surface area contributed by atoms with Gasteiger partial charge in [0.25, 0.3) is 5.91 Å². The molecule has 1 aliphatic heterocycles. The number of hydrogen-bond donors (Lipinski definition) is 1. The van der Waals surface area contributed by atoms with Crippen LogP contribution in [0.4, 0.5) is 11.4 Å². The van der Waals surface area contributed by atoms with E-state index in [-0.39, 0.29) is 5.91 Å². The second-order valence-electron chi connectivity index (χ2n) is 5.17. The number of aryl methyl sites for hydroxylation is 1. The molecule has 3 nitrogen and oxygen atoms in total. The third-order valence-corrected chi connectivity index (χ3v) is 4.33. The summed E-state index contributed by atoms with van der Waals surface area (Å²) in [5.74, 6) is -0.149. The Kier molecular flexibility index (Phi) is 3.56. The molecule has 0 aliphatic carbocycles. The second kappa shape index (κ2) is 5.24. The van der Waals surface area contributed by atoms with Crippen molar-refractivity contribution in [2.24, 2.45) is 0 Å². The Morgan fingerprint density at radius 1 is 1.24 bits per heavy atom. The minimum Gasteiger partial charge on any atom is -0.398 e. The molecule has 0 spiro atoms. The predicted molar refractivity (Wildman–Crippen MR) is 87.4 cm³/mol. The predicted octanol–water partition coefficient (Wildman–Crippen LogP) is 4.09. The van der Waals surface area contributed by atoms with Crippen LogP contribution in [0.5, 0.6) is 0 Å². The lowest BCUT2D eigenvalue weighted by Crippen LogP contribution is -2.29. The number of hydrogen-bond acceptors (Lipinski definition) is 2. The first kappa shape index (κ1) is 14.2. The lowest BCUT2D eigenvalue weighted by molar-refractivity contribution is 0.0989. The third-order valence-electron chi connectivity index (χ3n) is 3.77. The Morgan fingerprint density at radius 3 is 2.76 bits per heavy atom. The maximum atomic E-state index is 12.7. The van der Waals surface area contributed by atoms with Gasteiger partial charge in [-0.15, -0.1) is 0 Å². The summed E-state index contributed by atoms with van der Waals surface area (Å²) in [6.45, 7) is 2.59. The number of nitrogen functional groups attached to an aromatic ring is 1. The van der Waals surface area contributed by atoms with E-state index in [4.69, 9.17) is 28.9 Å². The van der Waals surface area contributed by atoms with Gasteiger partial charge < -0.3 is 10.6 Å². The molecule has 2 aromatic carbocycles. The highest BCUT2D eigenvalue weighted by Gasteiger charge is 2.27. The molecule has 0 aromatic heterocycles. The Bertz CT molecular complexity index is 743. The largest absolute Gasteiger partial charge is 0.398 e. The van der Waals surface area contributed by atoms with E-state index >= 15 is 0 Å². The van der Waals surface area contributed by atoms with E-state index < -0.39 is 0 Å². The Hall–Kier alpha value is -1.71. The fourth-order valence-corrected chi connectivity index (χ4v) is 2.96. The van der Waals surface area contributed by atoms with E-state index in [1.165, 1.54) is 0 Å². The molecule has 0 unspecified atom stereocenters. The Morgan fingerprint density at radius 2 is 2.00 bits per heavy atom. The molecule has 1 amide bonds. The van der Waals surface area contributed by atoms with Crippen molar-refractivity contribution in [1.29, 1.82) is 0 Å². The van der Waals surface area contributed by atoms with Crippen molar-refractivity contribution in [3.63, 3.8) is 0 Å². The summed E-state index contributed by atoms with van der Waals surface area (Å²) in [6, 6.07) is 8.80. The highest BCUT2D eigenvalue weighted by atomic mass is 35.5. The number of anilines is 2. The number of carbonyl (C=O) groups is 1. The minimum atomic E-state index is -0.149. The van der Waals surface area contributed by atoms with Crippen molar-refractivity contribution in [2.75, 3.05) is 17.2 Å². The van der Waals surface area contributed by atoms with Gasteiger partial charge in [0.2, 0.25) is 0 Å². The quantitative estimate of drug-likeness (QED) is 0.804. The van der Waals surface area contributed by atoms with Crippen LogP contribution in [0.25, 0.3) is 0 Å². The smallest absolute Gasteiger partial charge is 0.259 e. The number of nitrogens with zero attached hydrogens (tertiary/aromatic N) is 1. The summed E-state index contributed by atoms with van der Waals surface area (Å²) < 4.78 is 0. The highest BCUT2D eigenvalue weighted by molar-refractivity contribution is 6.36. The van der Waals surface area contributed by atoms with Crippen LogP contribution in [0.15, 0.2) is 30.3 Å². The zero-order valence-electron chi connectivity index (χ0n) is 11.5. The highest BCUT2D eigenvalue weighted by Crippen LogP contribution is 2.34. The molecule has 108 valence electrons. The van der Waals surface area contributed by atoms with E-state index in [0.717, 1.165) is 23.2 Å². The standard InChI is InChI=1S/C16H14Cl2N2O/c1-9-6-10-4-5-20(15(10)8-14(9)19)16(21)12-7-11(17)2-3-13(12)18/h2-3,6-8H,4-5,19H2,1H3. The number of halogens is 2. The lowest BCUT2D eigenvalue weighted by Gasteiger charge is -2.19. The van der Waals surface area contributed by atoms with Crippen LogP contribution < -0.4 is 10.6 Å². The molecule has 1 aliphatic rings. The van der Waals surface area contributed by atoms with Crippen molar-refractivity contribution >= 4 is 40.5 Å². The molecule has 0 saturated heterocycles. The van der Waals surface area contributed by atoms with Gasteiger partial charge in [-0.25, -0.2) is 0 Å². The van der Waals surface area contributed by atoms with Crippen molar-refractivity contribution in [3.05, 3.63) is 57.1 Å². The van der Waals surface area contributed by atoms with Crippen LogP contribution in [0.1, 0.15) is 21.5 Å². The number of amides is 1. The average molecular weight is 321 g/mol. The van der Waals surface area contributed by atoms with Gasteiger partial charge in [-0.05, 0) is 48.7 Å². The first-order valence-electron chi connectivity index (χ1n) is 6.63. The minimum absolute atomic E-state index is 0.149. The molecule has 0 fully saturated rings. The average Bonchev–Trinajstić information content (AvgIpc) is 2.84. The van der Waals surface area contributed by atoms with Gasteiger partial charge in [-0.1, -0.05) is 29.3 Å². The maximum absolute atomic E-state index is 12.7. The number of carbonyl (C=O) groups excluding carboxylic acids is 1. The third kappa shape index (κ3) is 2.47. The van der Waals surface area contributed by atoms with E-state index in [9.17, 15) is 4.79 Å².